The molecule has 0 aliphatic heterocycles. The van der Waals surface area contributed by atoms with Gasteiger partial charge in [0.2, 0.25) is 0 Å². The molecule has 304 valence electrons. The van der Waals surface area contributed by atoms with Gasteiger partial charge in [-0.1, -0.05) is 159 Å². The fourth-order valence-electron chi connectivity index (χ4n) is 9.54. The number of aromatic nitrogens is 3. The van der Waals surface area contributed by atoms with Crippen LogP contribution in [0, 0.1) is 0 Å². The van der Waals surface area contributed by atoms with E-state index in [1.54, 1.807) is 12.3 Å². The minimum atomic E-state index is -0.0352. The Morgan fingerprint density at radius 1 is 0.524 bits per heavy atom. The monoisotopic (exact) mass is 812 g/mol. The molecule has 4 nitrogen and oxygen atoms in total. The van der Waals surface area contributed by atoms with E-state index >= 15 is 0 Å². The van der Waals surface area contributed by atoms with Crippen molar-refractivity contribution in [2.75, 3.05) is 0 Å². The average Bonchev–Trinajstić information content (AvgIpc) is 3.37. The smallest absolute Gasteiger partial charge is 0.0900 e. The molecule has 0 atom stereocenters. The number of aliphatic imine (C=N–C) groups is 1. The van der Waals surface area contributed by atoms with Crippen LogP contribution in [-0.2, 0) is 5.41 Å². The Hall–Kier alpha value is -7.56. The van der Waals surface area contributed by atoms with E-state index in [1.807, 2.05) is 37.4 Å². The number of allylic oxidation sites excluding steroid dienone is 2. The molecule has 0 N–H and O–H groups in total. The minimum Gasteiger partial charge on any atom is -0.255 e. The standard InChI is InChI=1S/C59H48N4/c1-3-35-60-53(4-2)57-39-49(43-16-8-5-9-17-43)51-37-45(25-31-54(51)62-57)41-21-27-47(28-22-41)59(33-13-7-14-34-59)48-29-23-42(24-30-48)46-26-32-55-52(38-46)50(44-18-10-6-11-19-44)40-58(63-55)56-20-12-15-36-61-56/h3-6,8-12,15-32,35-40H,2,7,13-14,33-34H2,1H3/b35-3-,60-53?. The normalized spacial score (nSPS) is 14.0. The highest BCUT2D eigenvalue weighted by Crippen LogP contribution is 2.46. The second-order valence-electron chi connectivity index (χ2n) is 16.5. The van der Waals surface area contributed by atoms with Crippen LogP contribution in [0.25, 0.3) is 77.7 Å². The van der Waals surface area contributed by atoms with Crippen molar-refractivity contribution in [3.8, 4) is 55.9 Å². The lowest BCUT2D eigenvalue weighted by Gasteiger charge is -2.39. The Morgan fingerprint density at radius 2 is 1.06 bits per heavy atom. The zero-order valence-corrected chi connectivity index (χ0v) is 35.6. The fraction of sp³-hybridized carbons (Fsp3) is 0.119. The van der Waals surface area contributed by atoms with E-state index in [2.05, 4.69) is 174 Å². The van der Waals surface area contributed by atoms with E-state index in [1.165, 1.54) is 52.6 Å². The average molecular weight is 813 g/mol. The number of hydrogen-bond acceptors (Lipinski definition) is 4. The third-order valence-electron chi connectivity index (χ3n) is 12.8. The van der Waals surface area contributed by atoms with Crippen molar-refractivity contribution in [1.82, 2.24) is 15.0 Å². The van der Waals surface area contributed by atoms with Crippen LogP contribution in [0.3, 0.4) is 0 Å². The Morgan fingerprint density at radius 3 is 1.60 bits per heavy atom. The second kappa shape index (κ2) is 17.4. The lowest BCUT2D eigenvalue weighted by molar-refractivity contribution is 0.346. The SMILES string of the molecule is C=CC(=N/C=C\C)c1cc(-c2ccccc2)c2cc(-c3ccc(C4(c5ccc(-c6ccc7nc(-c8ccccn8)cc(-c8ccccc8)c7c6)cc5)CCCCC4)cc3)ccc2n1. The summed E-state index contributed by atoms with van der Waals surface area (Å²) in [5, 5.41) is 2.24. The molecule has 9 aromatic rings. The molecule has 1 fully saturated rings. The second-order valence-corrected chi connectivity index (χ2v) is 16.5. The van der Waals surface area contributed by atoms with Crippen molar-refractivity contribution in [3.63, 3.8) is 0 Å². The lowest BCUT2D eigenvalue weighted by atomic mass is 9.65. The molecule has 1 aliphatic carbocycles. The van der Waals surface area contributed by atoms with Crippen LogP contribution in [-0.4, -0.2) is 20.7 Å². The maximum absolute atomic E-state index is 5.09. The molecular formula is C59H48N4. The van der Waals surface area contributed by atoms with E-state index in [9.17, 15) is 0 Å². The van der Waals surface area contributed by atoms with E-state index in [4.69, 9.17) is 9.97 Å². The summed E-state index contributed by atoms with van der Waals surface area (Å²) >= 11 is 0. The van der Waals surface area contributed by atoms with Crippen molar-refractivity contribution in [2.45, 2.75) is 44.4 Å². The summed E-state index contributed by atoms with van der Waals surface area (Å²) in [6.07, 6.45) is 13.3. The highest BCUT2D eigenvalue weighted by atomic mass is 14.8. The van der Waals surface area contributed by atoms with E-state index in [-0.39, 0.29) is 5.41 Å². The summed E-state index contributed by atoms with van der Waals surface area (Å²) in [7, 11) is 0. The van der Waals surface area contributed by atoms with Crippen molar-refractivity contribution in [3.05, 3.63) is 224 Å². The van der Waals surface area contributed by atoms with Gasteiger partial charge >= 0.3 is 0 Å². The van der Waals surface area contributed by atoms with Crippen molar-refractivity contribution >= 4 is 27.5 Å². The van der Waals surface area contributed by atoms with Gasteiger partial charge in [0.25, 0.3) is 0 Å². The molecular weight excluding hydrogens is 765 g/mol. The summed E-state index contributed by atoms with van der Waals surface area (Å²) in [6.45, 7) is 5.99. The van der Waals surface area contributed by atoms with Gasteiger partial charge in [0.05, 0.1) is 33.8 Å². The summed E-state index contributed by atoms with van der Waals surface area (Å²) < 4.78 is 0. The van der Waals surface area contributed by atoms with Gasteiger partial charge in [-0.25, -0.2) is 9.97 Å². The van der Waals surface area contributed by atoms with Gasteiger partial charge in [-0.3, -0.25) is 9.98 Å². The highest BCUT2D eigenvalue weighted by Gasteiger charge is 2.35. The number of hydrogen-bond donors (Lipinski definition) is 0. The molecule has 3 aromatic heterocycles. The van der Waals surface area contributed by atoms with Gasteiger partial charge in [0, 0.05) is 28.6 Å². The molecule has 0 saturated heterocycles. The Balaban J connectivity index is 0.983. The number of nitrogens with zero attached hydrogens (tertiary/aromatic N) is 4. The van der Waals surface area contributed by atoms with Gasteiger partial charge < -0.3 is 0 Å². The molecule has 4 heteroatoms. The predicted molar refractivity (Wildman–Crippen MR) is 264 cm³/mol. The number of rotatable bonds is 10. The molecule has 0 amide bonds. The molecule has 0 unspecified atom stereocenters. The van der Waals surface area contributed by atoms with Gasteiger partial charge in [0.1, 0.15) is 0 Å². The molecule has 1 saturated carbocycles. The van der Waals surface area contributed by atoms with Crippen LogP contribution < -0.4 is 0 Å². The minimum absolute atomic E-state index is 0.0352. The first-order valence-electron chi connectivity index (χ1n) is 22.1. The van der Waals surface area contributed by atoms with Crippen molar-refractivity contribution in [2.24, 2.45) is 4.99 Å². The molecule has 3 heterocycles. The number of benzene rings is 6. The van der Waals surface area contributed by atoms with Crippen LogP contribution in [0.2, 0.25) is 0 Å². The van der Waals surface area contributed by atoms with E-state index in [0.29, 0.717) is 0 Å². The maximum Gasteiger partial charge on any atom is 0.0900 e. The molecule has 10 rings (SSSR count). The van der Waals surface area contributed by atoms with Gasteiger partial charge in [-0.2, -0.15) is 0 Å². The third-order valence-corrected chi connectivity index (χ3v) is 12.8. The predicted octanol–water partition coefficient (Wildman–Crippen LogP) is 15.3. The fourth-order valence-corrected chi connectivity index (χ4v) is 9.54. The molecule has 6 aromatic carbocycles. The van der Waals surface area contributed by atoms with E-state index in [0.717, 1.165) is 79.7 Å². The first kappa shape index (κ1) is 39.6. The van der Waals surface area contributed by atoms with Crippen LogP contribution in [0.4, 0.5) is 0 Å². The maximum atomic E-state index is 5.09. The molecule has 63 heavy (non-hydrogen) atoms. The summed E-state index contributed by atoms with van der Waals surface area (Å²) in [6, 6.07) is 63.6. The summed E-state index contributed by atoms with van der Waals surface area (Å²) in [5.41, 5.74) is 17.3. The zero-order chi connectivity index (χ0) is 42.6. The Bertz CT molecular complexity index is 3130. The first-order valence-corrected chi connectivity index (χ1v) is 22.1. The quantitative estimate of drug-likeness (QED) is 0.129. The largest absolute Gasteiger partial charge is 0.255 e. The van der Waals surface area contributed by atoms with Gasteiger partial charge in [-0.15, -0.1) is 0 Å². The Labute approximate surface area is 370 Å². The summed E-state index contributed by atoms with van der Waals surface area (Å²) in [5.74, 6) is 0. The lowest BCUT2D eigenvalue weighted by Crippen LogP contribution is -2.30. The summed E-state index contributed by atoms with van der Waals surface area (Å²) in [4.78, 5) is 19.4. The van der Waals surface area contributed by atoms with Crippen LogP contribution in [0.15, 0.2) is 212 Å². The van der Waals surface area contributed by atoms with Crippen molar-refractivity contribution in [1.29, 1.82) is 0 Å². The number of pyridine rings is 3. The first-order chi connectivity index (χ1) is 31.1. The third kappa shape index (κ3) is 7.81. The zero-order valence-electron chi connectivity index (χ0n) is 35.6. The van der Waals surface area contributed by atoms with Crippen LogP contribution >= 0.6 is 0 Å². The van der Waals surface area contributed by atoms with E-state index < -0.39 is 0 Å². The molecule has 0 spiro atoms. The van der Waals surface area contributed by atoms with Gasteiger partial charge in [0.15, 0.2) is 0 Å². The topological polar surface area (TPSA) is 51.0 Å². The molecule has 1 aliphatic rings. The number of fused-ring (bicyclic) bond motifs is 2. The molecule has 0 radical (unpaired) electrons. The molecule has 0 bridgehead atoms. The van der Waals surface area contributed by atoms with Crippen LogP contribution in [0.1, 0.15) is 55.8 Å². The van der Waals surface area contributed by atoms with Crippen molar-refractivity contribution < 1.29 is 0 Å². The van der Waals surface area contributed by atoms with Gasteiger partial charge in [-0.05, 0) is 130 Å². The van der Waals surface area contributed by atoms with Crippen LogP contribution in [0.5, 0.6) is 0 Å². The highest BCUT2D eigenvalue weighted by molar-refractivity contribution is 6.10. The Kier molecular flexibility index (Phi) is 10.9.